The first-order chi connectivity index (χ1) is 4.83. The molecule has 1 rings (SSSR count). The molecule has 1 saturated carbocycles. The highest BCUT2D eigenvalue weighted by atomic mass is 16.3. The van der Waals surface area contributed by atoms with Gasteiger partial charge in [0, 0.05) is 19.4 Å². The Morgan fingerprint density at radius 3 is 2.70 bits per heavy atom. The number of ketones is 1. The molecular formula is C8H14O2. The summed E-state index contributed by atoms with van der Waals surface area (Å²) in [6, 6.07) is 0. The molecule has 0 aliphatic heterocycles. The molecule has 0 unspecified atom stereocenters. The van der Waals surface area contributed by atoms with Crippen LogP contribution in [0.5, 0.6) is 0 Å². The van der Waals surface area contributed by atoms with Crippen molar-refractivity contribution in [1.29, 1.82) is 0 Å². The quantitative estimate of drug-likeness (QED) is 0.624. The minimum Gasteiger partial charge on any atom is -0.396 e. The van der Waals surface area contributed by atoms with Crippen LogP contribution in [0.25, 0.3) is 0 Å². The monoisotopic (exact) mass is 142 g/mol. The van der Waals surface area contributed by atoms with Crippen LogP contribution in [-0.2, 0) is 4.79 Å². The predicted octanol–water partition coefficient (Wildman–Crippen LogP) is 1.13. The standard InChI is InChI=1S/C8H14O2/c9-5-1-2-8(10)6-7-3-4-7/h7,9H,1-6H2. The van der Waals surface area contributed by atoms with Crippen molar-refractivity contribution in [3.05, 3.63) is 0 Å². The maximum Gasteiger partial charge on any atom is 0.133 e. The van der Waals surface area contributed by atoms with Crippen molar-refractivity contribution in [2.75, 3.05) is 6.61 Å². The van der Waals surface area contributed by atoms with Gasteiger partial charge in [-0.15, -0.1) is 0 Å². The molecule has 0 aromatic carbocycles. The molecule has 0 atom stereocenters. The lowest BCUT2D eigenvalue weighted by atomic mass is 10.1. The molecule has 1 aliphatic carbocycles. The van der Waals surface area contributed by atoms with Gasteiger partial charge in [0.25, 0.3) is 0 Å². The highest BCUT2D eigenvalue weighted by Crippen LogP contribution is 2.32. The Hall–Kier alpha value is -0.370. The third kappa shape index (κ3) is 2.97. The maximum atomic E-state index is 10.9. The summed E-state index contributed by atoms with van der Waals surface area (Å²) in [6.45, 7) is 0.149. The van der Waals surface area contributed by atoms with Gasteiger partial charge in [-0.05, 0) is 25.2 Å². The number of Topliss-reactive ketones (excluding diaryl/α,β-unsaturated/α-hetero) is 1. The summed E-state index contributed by atoms with van der Waals surface area (Å²) in [5, 5.41) is 8.41. The van der Waals surface area contributed by atoms with Gasteiger partial charge < -0.3 is 5.11 Å². The Morgan fingerprint density at radius 2 is 2.20 bits per heavy atom. The molecule has 1 fully saturated rings. The molecule has 1 aliphatic rings. The smallest absolute Gasteiger partial charge is 0.133 e. The van der Waals surface area contributed by atoms with E-state index in [-0.39, 0.29) is 6.61 Å². The van der Waals surface area contributed by atoms with Crippen molar-refractivity contribution in [1.82, 2.24) is 0 Å². The summed E-state index contributed by atoms with van der Waals surface area (Å²) in [6.07, 6.45) is 4.47. The van der Waals surface area contributed by atoms with E-state index >= 15 is 0 Å². The Labute approximate surface area is 61.2 Å². The Morgan fingerprint density at radius 1 is 1.50 bits per heavy atom. The number of hydrogen-bond donors (Lipinski definition) is 1. The largest absolute Gasteiger partial charge is 0.396 e. The Balaban J connectivity index is 1.97. The van der Waals surface area contributed by atoms with Crippen molar-refractivity contribution in [3.63, 3.8) is 0 Å². The summed E-state index contributed by atoms with van der Waals surface area (Å²) >= 11 is 0. The van der Waals surface area contributed by atoms with Crippen LogP contribution < -0.4 is 0 Å². The molecule has 0 aromatic rings. The molecule has 58 valence electrons. The molecule has 0 spiro atoms. The first kappa shape index (κ1) is 7.73. The van der Waals surface area contributed by atoms with E-state index < -0.39 is 0 Å². The number of aliphatic hydroxyl groups is 1. The number of aliphatic hydroxyl groups excluding tert-OH is 1. The van der Waals surface area contributed by atoms with Crippen LogP contribution in [0.15, 0.2) is 0 Å². The average Bonchev–Trinajstić information content (AvgIpc) is 2.67. The molecule has 2 nitrogen and oxygen atoms in total. The first-order valence-corrected chi connectivity index (χ1v) is 3.95. The third-order valence-corrected chi connectivity index (χ3v) is 1.83. The fourth-order valence-electron chi connectivity index (χ4n) is 1.02. The van der Waals surface area contributed by atoms with Crippen molar-refractivity contribution >= 4 is 5.78 Å². The summed E-state index contributed by atoms with van der Waals surface area (Å²) in [7, 11) is 0. The first-order valence-electron chi connectivity index (χ1n) is 3.95. The lowest BCUT2D eigenvalue weighted by molar-refractivity contribution is -0.119. The van der Waals surface area contributed by atoms with Crippen LogP contribution in [0.2, 0.25) is 0 Å². The van der Waals surface area contributed by atoms with Gasteiger partial charge in [-0.1, -0.05) is 0 Å². The van der Waals surface area contributed by atoms with E-state index in [9.17, 15) is 4.79 Å². The molecule has 2 heteroatoms. The lowest BCUT2D eigenvalue weighted by Gasteiger charge is -1.95. The number of rotatable bonds is 5. The second kappa shape index (κ2) is 3.71. The van der Waals surface area contributed by atoms with Crippen molar-refractivity contribution in [2.45, 2.75) is 32.1 Å². The highest BCUT2D eigenvalue weighted by Gasteiger charge is 2.23. The second-order valence-corrected chi connectivity index (χ2v) is 3.01. The normalized spacial score (nSPS) is 17.3. The van der Waals surface area contributed by atoms with Crippen LogP contribution in [0, 0.1) is 5.92 Å². The van der Waals surface area contributed by atoms with E-state index in [0.717, 1.165) is 6.42 Å². The van der Waals surface area contributed by atoms with Crippen molar-refractivity contribution in [2.24, 2.45) is 5.92 Å². The summed E-state index contributed by atoms with van der Waals surface area (Å²) in [5.41, 5.74) is 0. The van der Waals surface area contributed by atoms with Gasteiger partial charge in [0.2, 0.25) is 0 Å². The molecule has 0 aromatic heterocycles. The second-order valence-electron chi connectivity index (χ2n) is 3.01. The number of carbonyl (C=O) groups is 1. The fraction of sp³-hybridized carbons (Fsp3) is 0.875. The SMILES string of the molecule is O=C(CCCO)CC1CC1. The van der Waals surface area contributed by atoms with Gasteiger partial charge in [0.05, 0.1) is 0 Å². The average molecular weight is 142 g/mol. The zero-order valence-corrected chi connectivity index (χ0v) is 6.18. The van der Waals surface area contributed by atoms with E-state index in [1.54, 1.807) is 0 Å². The lowest BCUT2D eigenvalue weighted by Crippen LogP contribution is -1.99. The topological polar surface area (TPSA) is 37.3 Å². The molecule has 0 bridgehead atoms. The van der Waals surface area contributed by atoms with Crippen LogP contribution in [-0.4, -0.2) is 17.5 Å². The van der Waals surface area contributed by atoms with Gasteiger partial charge >= 0.3 is 0 Å². The van der Waals surface area contributed by atoms with Crippen LogP contribution in [0.3, 0.4) is 0 Å². The van der Waals surface area contributed by atoms with E-state index in [2.05, 4.69) is 0 Å². The van der Waals surface area contributed by atoms with Crippen LogP contribution in [0.1, 0.15) is 32.1 Å². The van der Waals surface area contributed by atoms with E-state index in [0.29, 0.717) is 24.5 Å². The molecule has 10 heavy (non-hydrogen) atoms. The van der Waals surface area contributed by atoms with E-state index in [1.165, 1.54) is 12.8 Å². The van der Waals surface area contributed by atoms with E-state index in [4.69, 9.17) is 5.11 Å². The van der Waals surface area contributed by atoms with E-state index in [1.807, 2.05) is 0 Å². The van der Waals surface area contributed by atoms with Crippen LogP contribution >= 0.6 is 0 Å². The minimum absolute atomic E-state index is 0.149. The fourth-order valence-corrected chi connectivity index (χ4v) is 1.02. The Bertz CT molecular complexity index is 116. The number of carbonyl (C=O) groups excluding carboxylic acids is 1. The highest BCUT2D eigenvalue weighted by molar-refractivity contribution is 5.78. The molecule has 0 radical (unpaired) electrons. The number of hydrogen-bond acceptors (Lipinski definition) is 2. The molecule has 0 heterocycles. The molecule has 0 amide bonds. The zero-order chi connectivity index (χ0) is 7.40. The summed E-state index contributed by atoms with van der Waals surface area (Å²) in [4.78, 5) is 10.9. The predicted molar refractivity (Wildman–Crippen MR) is 38.7 cm³/mol. The Kier molecular flexibility index (Phi) is 2.87. The molecular weight excluding hydrogens is 128 g/mol. The maximum absolute atomic E-state index is 10.9. The van der Waals surface area contributed by atoms with Gasteiger partial charge in [0.1, 0.15) is 5.78 Å². The van der Waals surface area contributed by atoms with Crippen molar-refractivity contribution < 1.29 is 9.90 Å². The van der Waals surface area contributed by atoms with Gasteiger partial charge in [-0.3, -0.25) is 4.79 Å². The zero-order valence-electron chi connectivity index (χ0n) is 6.18. The third-order valence-electron chi connectivity index (χ3n) is 1.83. The van der Waals surface area contributed by atoms with Gasteiger partial charge in [-0.25, -0.2) is 0 Å². The van der Waals surface area contributed by atoms with Crippen LogP contribution in [0.4, 0.5) is 0 Å². The summed E-state index contributed by atoms with van der Waals surface area (Å²) < 4.78 is 0. The summed E-state index contributed by atoms with van der Waals surface area (Å²) in [5.74, 6) is 1.03. The van der Waals surface area contributed by atoms with Gasteiger partial charge in [0.15, 0.2) is 0 Å². The van der Waals surface area contributed by atoms with Gasteiger partial charge in [-0.2, -0.15) is 0 Å². The molecule has 0 saturated heterocycles. The molecule has 1 N–H and O–H groups in total. The van der Waals surface area contributed by atoms with Crippen molar-refractivity contribution in [3.8, 4) is 0 Å². The minimum atomic E-state index is 0.149.